The van der Waals surface area contributed by atoms with E-state index < -0.39 is 15.4 Å². The van der Waals surface area contributed by atoms with Gasteiger partial charge in [-0.05, 0) is 32.1 Å². The van der Waals surface area contributed by atoms with Gasteiger partial charge in [-0.2, -0.15) is 10.4 Å². The molecule has 3 N–H and O–H groups in total. The summed E-state index contributed by atoms with van der Waals surface area (Å²) in [5, 5.41) is 16.8. The van der Waals surface area contributed by atoms with Crippen molar-refractivity contribution < 1.29 is 8.42 Å². The molecule has 0 spiro atoms. The number of rotatable bonds is 4. The summed E-state index contributed by atoms with van der Waals surface area (Å²) in [5.74, 6) is 1.50. The Bertz CT molecular complexity index is 714. The maximum Gasteiger partial charge on any atom is 0.168 e. The maximum atomic E-state index is 11.8. The summed E-state index contributed by atoms with van der Waals surface area (Å²) in [6, 6.07) is 2.07. The molecule has 3 rings (SSSR count). The number of sulfone groups is 1. The van der Waals surface area contributed by atoms with Crippen LogP contribution < -0.4 is 11.1 Å². The first-order valence-electron chi connectivity index (χ1n) is 7.08. The number of nitrogens with zero attached hydrogens (tertiary/aromatic N) is 3. The standard InChI is InChI=1S/C13H19N5O2S/c1-13(4-5-21(19,20)8-13)18-11(15)10(6-14)12(17-18)16-7-9-2-3-9/h9H,2-5,7-8,15H2,1H3,(H,16,17). The van der Waals surface area contributed by atoms with E-state index >= 15 is 0 Å². The highest BCUT2D eigenvalue weighted by Crippen LogP contribution is 2.36. The van der Waals surface area contributed by atoms with E-state index in [1.165, 1.54) is 17.5 Å². The van der Waals surface area contributed by atoms with Crippen molar-refractivity contribution in [2.45, 2.75) is 31.7 Å². The number of hydrogen-bond acceptors (Lipinski definition) is 6. The number of nitrogen functional groups attached to an aromatic ring is 1. The Kier molecular flexibility index (Phi) is 3.13. The Morgan fingerprint density at radius 3 is 2.81 bits per heavy atom. The molecule has 1 atom stereocenters. The number of hydrogen-bond donors (Lipinski definition) is 2. The van der Waals surface area contributed by atoms with Crippen LogP contribution in [0.4, 0.5) is 11.6 Å². The van der Waals surface area contributed by atoms with E-state index in [0.717, 1.165) is 6.54 Å². The topological polar surface area (TPSA) is 114 Å². The van der Waals surface area contributed by atoms with Gasteiger partial charge in [0.15, 0.2) is 15.7 Å². The lowest BCUT2D eigenvalue weighted by atomic mass is 10.0. The molecule has 1 saturated carbocycles. The van der Waals surface area contributed by atoms with E-state index in [1.54, 1.807) is 0 Å². The fraction of sp³-hybridized carbons (Fsp3) is 0.692. The fourth-order valence-corrected chi connectivity index (χ4v) is 4.91. The summed E-state index contributed by atoms with van der Waals surface area (Å²) >= 11 is 0. The van der Waals surface area contributed by atoms with E-state index in [0.29, 0.717) is 23.7 Å². The molecule has 1 aliphatic heterocycles. The molecule has 0 amide bonds. The summed E-state index contributed by atoms with van der Waals surface area (Å²) in [6.07, 6.45) is 2.86. The molecule has 1 aromatic rings. The van der Waals surface area contributed by atoms with Crippen LogP contribution >= 0.6 is 0 Å². The van der Waals surface area contributed by atoms with Gasteiger partial charge in [0, 0.05) is 6.54 Å². The van der Waals surface area contributed by atoms with E-state index in [2.05, 4.69) is 16.5 Å². The van der Waals surface area contributed by atoms with Crippen molar-refractivity contribution in [3.05, 3.63) is 5.56 Å². The lowest BCUT2D eigenvalue weighted by molar-refractivity contribution is 0.335. The monoisotopic (exact) mass is 309 g/mol. The second kappa shape index (κ2) is 4.63. The zero-order chi connectivity index (χ0) is 15.3. The van der Waals surface area contributed by atoms with Crippen molar-refractivity contribution in [2.75, 3.05) is 29.1 Å². The predicted molar refractivity (Wildman–Crippen MR) is 79.5 cm³/mol. The fourth-order valence-electron chi connectivity index (χ4n) is 2.80. The number of nitriles is 1. The third-order valence-corrected chi connectivity index (χ3v) is 6.17. The van der Waals surface area contributed by atoms with Crippen molar-refractivity contribution in [3.8, 4) is 6.07 Å². The van der Waals surface area contributed by atoms with Gasteiger partial charge in [-0.1, -0.05) is 0 Å². The molecule has 2 aliphatic rings. The molecule has 2 fully saturated rings. The van der Waals surface area contributed by atoms with Gasteiger partial charge >= 0.3 is 0 Å². The van der Waals surface area contributed by atoms with Gasteiger partial charge < -0.3 is 11.1 Å². The molecule has 1 unspecified atom stereocenters. The smallest absolute Gasteiger partial charge is 0.168 e. The minimum Gasteiger partial charge on any atom is -0.383 e. The van der Waals surface area contributed by atoms with E-state index in [1.807, 2.05) is 6.92 Å². The van der Waals surface area contributed by atoms with Crippen LogP contribution in [0.2, 0.25) is 0 Å². The molecule has 1 saturated heterocycles. The first-order chi connectivity index (χ1) is 9.85. The first-order valence-corrected chi connectivity index (χ1v) is 8.90. The van der Waals surface area contributed by atoms with Gasteiger partial charge in [-0.25, -0.2) is 13.1 Å². The average molecular weight is 309 g/mol. The largest absolute Gasteiger partial charge is 0.383 e. The molecular weight excluding hydrogens is 290 g/mol. The Morgan fingerprint density at radius 1 is 1.57 bits per heavy atom. The highest BCUT2D eigenvalue weighted by molar-refractivity contribution is 7.91. The Morgan fingerprint density at radius 2 is 2.29 bits per heavy atom. The quantitative estimate of drug-likeness (QED) is 0.846. The molecule has 114 valence electrons. The van der Waals surface area contributed by atoms with Crippen LogP contribution in [0.15, 0.2) is 0 Å². The van der Waals surface area contributed by atoms with Crippen LogP contribution in [0.1, 0.15) is 31.7 Å². The maximum absolute atomic E-state index is 11.8. The van der Waals surface area contributed by atoms with Crippen molar-refractivity contribution in [1.29, 1.82) is 5.26 Å². The minimum atomic E-state index is -3.06. The summed E-state index contributed by atoms with van der Waals surface area (Å²) in [6.45, 7) is 2.60. The summed E-state index contributed by atoms with van der Waals surface area (Å²) < 4.78 is 25.0. The highest BCUT2D eigenvalue weighted by atomic mass is 32.2. The first kappa shape index (κ1) is 14.2. The molecule has 0 aromatic carbocycles. The zero-order valence-corrected chi connectivity index (χ0v) is 12.8. The van der Waals surface area contributed by atoms with Crippen molar-refractivity contribution in [1.82, 2.24) is 9.78 Å². The van der Waals surface area contributed by atoms with Crippen LogP contribution in [0.5, 0.6) is 0 Å². The lowest BCUT2D eigenvalue weighted by Crippen LogP contribution is -2.33. The van der Waals surface area contributed by atoms with Gasteiger partial charge in [0.25, 0.3) is 0 Å². The van der Waals surface area contributed by atoms with Crippen LogP contribution in [-0.4, -0.2) is 36.2 Å². The SMILES string of the molecule is CC1(n2nc(NCC3CC3)c(C#N)c2N)CCS(=O)(=O)C1. The van der Waals surface area contributed by atoms with Gasteiger partial charge in [0.2, 0.25) is 0 Å². The third kappa shape index (κ3) is 2.58. The van der Waals surface area contributed by atoms with E-state index in [9.17, 15) is 13.7 Å². The molecular formula is C13H19N5O2S. The molecule has 2 heterocycles. The molecule has 21 heavy (non-hydrogen) atoms. The van der Waals surface area contributed by atoms with Crippen LogP contribution in [-0.2, 0) is 15.4 Å². The van der Waals surface area contributed by atoms with Crippen molar-refractivity contribution in [3.63, 3.8) is 0 Å². The molecule has 0 bridgehead atoms. The number of anilines is 2. The normalized spacial score (nSPS) is 27.4. The van der Waals surface area contributed by atoms with E-state index in [-0.39, 0.29) is 17.3 Å². The Hall–Kier alpha value is -1.75. The Balaban J connectivity index is 1.93. The van der Waals surface area contributed by atoms with Gasteiger partial charge in [0.1, 0.15) is 17.5 Å². The molecule has 0 radical (unpaired) electrons. The highest BCUT2D eigenvalue weighted by Gasteiger charge is 2.42. The lowest BCUT2D eigenvalue weighted by Gasteiger charge is -2.23. The molecule has 8 heteroatoms. The summed E-state index contributed by atoms with van der Waals surface area (Å²) in [7, 11) is -3.06. The predicted octanol–water partition coefficient (Wildman–Crippen LogP) is 0.693. The molecule has 7 nitrogen and oxygen atoms in total. The average Bonchev–Trinajstić information content (AvgIpc) is 3.11. The summed E-state index contributed by atoms with van der Waals surface area (Å²) in [4.78, 5) is 0. The van der Waals surface area contributed by atoms with Gasteiger partial charge in [-0.3, -0.25) is 0 Å². The van der Waals surface area contributed by atoms with Gasteiger partial charge in [0.05, 0.1) is 17.0 Å². The Labute approximate surface area is 124 Å². The zero-order valence-electron chi connectivity index (χ0n) is 12.0. The number of nitrogens with two attached hydrogens (primary N) is 1. The van der Waals surface area contributed by atoms with Crippen LogP contribution in [0.3, 0.4) is 0 Å². The minimum absolute atomic E-state index is 0.0127. The van der Waals surface area contributed by atoms with Gasteiger partial charge in [-0.15, -0.1) is 0 Å². The molecule has 1 aliphatic carbocycles. The third-order valence-electron chi connectivity index (χ3n) is 4.28. The second-order valence-electron chi connectivity index (χ2n) is 6.30. The number of nitrogens with one attached hydrogen (secondary N) is 1. The van der Waals surface area contributed by atoms with Crippen LogP contribution in [0, 0.1) is 17.2 Å². The summed E-state index contributed by atoms with van der Waals surface area (Å²) in [5.41, 5.74) is 5.67. The van der Waals surface area contributed by atoms with Crippen molar-refractivity contribution >= 4 is 21.5 Å². The van der Waals surface area contributed by atoms with E-state index in [4.69, 9.17) is 5.73 Å². The second-order valence-corrected chi connectivity index (χ2v) is 8.48. The van der Waals surface area contributed by atoms with Crippen LogP contribution in [0.25, 0.3) is 0 Å². The van der Waals surface area contributed by atoms with Crippen molar-refractivity contribution in [2.24, 2.45) is 5.92 Å². The molecule has 1 aromatic heterocycles. The number of aromatic nitrogens is 2.